The number of halogens is 1. The number of hydrogen-bond donors (Lipinski definition) is 1. The molecule has 2 rings (SSSR count). The minimum absolute atomic E-state index is 0.428. The Kier molecular flexibility index (Phi) is 2.60. The Bertz CT molecular complexity index is 481. The summed E-state index contributed by atoms with van der Waals surface area (Å²) in [7, 11) is 0. The normalized spacial score (nSPS) is 10.5. The van der Waals surface area contributed by atoms with Gasteiger partial charge in [-0.15, -0.1) is 0 Å². The van der Waals surface area contributed by atoms with Gasteiger partial charge in [-0.05, 0) is 18.2 Å². The Labute approximate surface area is 92.0 Å². The van der Waals surface area contributed by atoms with Crippen LogP contribution in [-0.4, -0.2) is 10.1 Å². The standard InChI is InChI=1S/C10H10ClN3O/c1-2-9-13-10(15-14-9)7-4-3-6(12)5-8(7)11/h3-5H,2,12H2,1H3. The first kappa shape index (κ1) is 9.98. The van der Waals surface area contributed by atoms with Crippen LogP contribution >= 0.6 is 11.6 Å². The minimum atomic E-state index is 0.428. The lowest BCUT2D eigenvalue weighted by atomic mass is 10.2. The topological polar surface area (TPSA) is 64.9 Å². The molecule has 0 radical (unpaired) electrons. The van der Waals surface area contributed by atoms with Crippen molar-refractivity contribution in [1.29, 1.82) is 0 Å². The molecule has 78 valence electrons. The second kappa shape index (κ2) is 3.90. The van der Waals surface area contributed by atoms with Crippen LogP contribution in [0.3, 0.4) is 0 Å². The lowest BCUT2D eigenvalue weighted by Gasteiger charge is -1.99. The van der Waals surface area contributed by atoms with Gasteiger partial charge in [0.15, 0.2) is 5.82 Å². The molecular weight excluding hydrogens is 214 g/mol. The quantitative estimate of drug-likeness (QED) is 0.795. The molecule has 0 aliphatic carbocycles. The van der Waals surface area contributed by atoms with Gasteiger partial charge in [-0.1, -0.05) is 23.7 Å². The predicted octanol–water partition coefficient (Wildman–Crippen LogP) is 2.53. The largest absolute Gasteiger partial charge is 0.399 e. The molecule has 1 heterocycles. The summed E-state index contributed by atoms with van der Waals surface area (Å²) in [6.07, 6.45) is 0.732. The highest BCUT2D eigenvalue weighted by molar-refractivity contribution is 6.33. The maximum absolute atomic E-state index is 6.01. The lowest BCUT2D eigenvalue weighted by Crippen LogP contribution is -1.86. The number of aromatic nitrogens is 2. The number of nitrogens with two attached hydrogens (primary N) is 1. The molecule has 0 saturated carbocycles. The van der Waals surface area contributed by atoms with Crippen LogP contribution in [0.25, 0.3) is 11.5 Å². The van der Waals surface area contributed by atoms with E-state index in [9.17, 15) is 0 Å². The number of hydrogen-bond acceptors (Lipinski definition) is 4. The van der Waals surface area contributed by atoms with Gasteiger partial charge in [0.2, 0.25) is 0 Å². The second-order valence-electron chi connectivity index (χ2n) is 3.11. The first-order valence-corrected chi connectivity index (χ1v) is 4.96. The highest BCUT2D eigenvalue weighted by Gasteiger charge is 2.11. The molecular formula is C10H10ClN3O. The van der Waals surface area contributed by atoms with Crippen LogP contribution in [-0.2, 0) is 6.42 Å². The molecule has 2 N–H and O–H groups in total. The van der Waals surface area contributed by atoms with Crippen LogP contribution < -0.4 is 5.73 Å². The summed E-state index contributed by atoms with van der Waals surface area (Å²) >= 11 is 6.01. The smallest absolute Gasteiger partial charge is 0.259 e. The number of rotatable bonds is 2. The van der Waals surface area contributed by atoms with Crippen molar-refractivity contribution in [2.45, 2.75) is 13.3 Å². The molecule has 0 fully saturated rings. The van der Waals surface area contributed by atoms with Crippen molar-refractivity contribution < 1.29 is 4.52 Å². The van der Waals surface area contributed by atoms with Crippen LogP contribution in [0.1, 0.15) is 12.7 Å². The van der Waals surface area contributed by atoms with Gasteiger partial charge in [-0.2, -0.15) is 4.98 Å². The molecule has 2 aromatic rings. The average Bonchev–Trinajstić information content (AvgIpc) is 2.66. The van der Waals surface area contributed by atoms with Gasteiger partial charge in [0.05, 0.1) is 10.6 Å². The molecule has 0 saturated heterocycles. The van der Waals surface area contributed by atoms with Crippen molar-refractivity contribution in [2.75, 3.05) is 5.73 Å². The van der Waals surface area contributed by atoms with Crippen LogP contribution in [0, 0.1) is 0 Å². The van der Waals surface area contributed by atoms with Crippen molar-refractivity contribution >= 4 is 17.3 Å². The summed E-state index contributed by atoms with van der Waals surface area (Å²) in [5, 5.41) is 4.31. The number of nitrogen functional groups attached to an aromatic ring is 1. The minimum Gasteiger partial charge on any atom is -0.399 e. The first-order chi connectivity index (χ1) is 7.20. The van der Waals surface area contributed by atoms with Gasteiger partial charge >= 0.3 is 0 Å². The maximum Gasteiger partial charge on any atom is 0.259 e. The molecule has 0 aliphatic heterocycles. The number of aryl methyl sites for hydroxylation is 1. The summed E-state index contributed by atoms with van der Waals surface area (Å²) in [4.78, 5) is 4.19. The van der Waals surface area contributed by atoms with Gasteiger partial charge in [0.1, 0.15) is 0 Å². The van der Waals surface area contributed by atoms with Gasteiger partial charge < -0.3 is 10.3 Å². The van der Waals surface area contributed by atoms with Crippen molar-refractivity contribution in [1.82, 2.24) is 10.1 Å². The Hall–Kier alpha value is -1.55. The van der Waals surface area contributed by atoms with E-state index in [4.69, 9.17) is 21.9 Å². The van der Waals surface area contributed by atoms with E-state index in [1.54, 1.807) is 18.2 Å². The number of benzene rings is 1. The summed E-state index contributed by atoms with van der Waals surface area (Å²) in [5.74, 6) is 1.09. The summed E-state index contributed by atoms with van der Waals surface area (Å²) in [6, 6.07) is 5.17. The summed E-state index contributed by atoms with van der Waals surface area (Å²) in [5.41, 5.74) is 6.90. The maximum atomic E-state index is 6.01. The third-order valence-corrected chi connectivity index (χ3v) is 2.32. The van der Waals surface area contributed by atoms with E-state index in [-0.39, 0.29) is 0 Å². The van der Waals surface area contributed by atoms with Crippen molar-refractivity contribution in [3.8, 4) is 11.5 Å². The van der Waals surface area contributed by atoms with Gasteiger partial charge in [0, 0.05) is 12.1 Å². The molecule has 0 atom stereocenters. The zero-order valence-electron chi connectivity index (χ0n) is 8.20. The SMILES string of the molecule is CCc1noc(-c2ccc(N)cc2Cl)n1. The molecule has 0 bridgehead atoms. The third kappa shape index (κ3) is 1.94. The van der Waals surface area contributed by atoms with Crippen molar-refractivity contribution in [3.63, 3.8) is 0 Å². The van der Waals surface area contributed by atoms with Gasteiger partial charge in [0.25, 0.3) is 5.89 Å². The van der Waals surface area contributed by atoms with Crippen LogP contribution in [0.15, 0.2) is 22.7 Å². The summed E-state index contributed by atoms with van der Waals surface area (Å²) < 4.78 is 5.08. The Morgan fingerprint density at radius 3 is 2.87 bits per heavy atom. The number of anilines is 1. The van der Waals surface area contributed by atoms with E-state index < -0.39 is 0 Å². The molecule has 0 unspecified atom stereocenters. The molecule has 15 heavy (non-hydrogen) atoms. The lowest BCUT2D eigenvalue weighted by molar-refractivity contribution is 0.423. The molecule has 0 amide bonds. The molecule has 0 aliphatic rings. The van der Waals surface area contributed by atoms with Crippen LogP contribution in [0.4, 0.5) is 5.69 Å². The van der Waals surface area contributed by atoms with E-state index >= 15 is 0 Å². The zero-order chi connectivity index (χ0) is 10.8. The Balaban J connectivity index is 2.44. The van der Waals surface area contributed by atoms with Crippen molar-refractivity contribution in [3.05, 3.63) is 29.0 Å². The highest BCUT2D eigenvalue weighted by Crippen LogP contribution is 2.28. The highest BCUT2D eigenvalue weighted by atomic mass is 35.5. The fraction of sp³-hybridized carbons (Fsp3) is 0.200. The van der Waals surface area contributed by atoms with E-state index in [1.807, 2.05) is 6.92 Å². The molecule has 0 spiro atoms. The fourth-order valence-corrected chi connectivity index (χ4v) is 1.48. The molecule has 1 aromatic carbocycles. The van der Waals surface area contributed by atoms with Gasteiger partial charge in [-0.3, -0.25) is 0 Å². The van der Waals surface area contributed by atoms with Crippen molar-refractivity contribution in [2.24, 2.45) is 0 Å². The predicted molar refractivity (Wildman–Crippen MR) is 58.5 cm³/mol. The van der Waals surface area contributed by atoms with E-state index in [2.05, 4.69) is 10.1 Å². The molecule has 4 nitrogen and oxygen atoms in total. The fourth-order valence-electron chi connectivity index (χ4n) is 1.21. The summed E-state index contributed by atoms with van der Waals surface area (Å²) in [6.45, 7) is 1.96. The van der Waals surface area contributed by atoms with E-state index in [0.717, 1.165) is 6.42 Å². The van der Waals surface area contributed by atoms with E-state index in [0.29, 0.717) is 28.0 Å². The third-order valence-electron chi connectivity index (χ3n) is 2.01. The van der Waals surface area contributed by atoms with Crippen LogP contribution in [0.5, 0.6) is 0 Å². The zero-order valence-corrected chi connectivity index (χ0v) is 8.95. The number of nitrogens with zero attached hydrogens (tertiary/aromatic N) is 2. The van der Waals surface area contributed by atoms with Crippen LogP contribution in [0.2, 0.25) is 5.02 Å². The second-order valence-corrected chi connectivity index (χ2v) is 3.52. The monoisotopic (exact) mass is 223 g/mol. The Morgan fingerprint density at radius 1 is 1.47 bits per heavy atom. The average molecular weight is 224 g/mol. The first-order valence-electron chi connectivity index (χ1n) is 4.58. The van der Waals surface area contributed by atoms with E-state index in [1.165, 1.54) is 0 Å². The molecule has 1 aromatic heterocycles. The molecule has 5 heteroatoms. The Morgan fingerprint density at radius 2 is 2.27 bits per heavy atom. The van der Waals surface area contributed by atoms with Gasteiger partial charge in [-0.25, -0.2) is 0 Å².